The van der Waals surface area contributed by atoms with E-state index in [1.807, 2.05) is 32.9 Å². The van der Waals surface area contributed by atoms with Crippen LogP contribution >= 0.6 is 11.3 Å². The van der Waals surface area contributed by atoms with Gasteiger partial charge in [-0.1, -0.05) is 19.1 Å². The minimum absolute atomic E-state index is 0.315. The van der Waals surface area contributed by atoms with Crippen LogP contribution in [0.3, 0.4) is 0 Å². The van der Waals surface area contributed by atoms with Crippen LogP contribution in [0.15, 0.2) is 24.3 Å². The van der Waals surface area contributed by atoms with Crippen LogP contribution in [0.5, 0.6) is 0 Å². The Balaban J connectivity index is 1.64. The Morgan fingerprint density at radius 1 is 1.29 bits per heavy atom. The molecule has 1 amide bonds. The molecule has 1 atom stereocenters. The highest BCUT2D eigenvalue weighted by molar-refractivity contribution is 7.18. The number of thiazole rings is 1. The van der Waals surface area contributed by atoms with Crippen molar-refractivity contribution in [2.24, 2.45) is 5.92 Å². The highest BCUT2D eigenvalue weighted by Crippen LogP contribution is 2.38. The zero-order chi connectivity index (χ0) is 22.4. The standard InChI is InChI=1S/C24H33N3O3S/c1-16-6-8-19(27(15-16)22(28)30-23(2,3)4)17-7-9-20-18(14-17)25-21(31-20)24(29)10-12-26(5)13-11-24/h7-9,14,16,29H,6,10-13,15H2,1-5H3. The van der Waals surface area contributed by atoms with Gasteiger partial charge in [-0.15, -0.1) is 11.3 Å². The lowest BCUT2D eigenvalue weighted by molar-refractivity contribution is -0.0203. The number of benzene rings is 1. The average molecular weight is 444 g/mol. The maximum atomic E-state index is 12.9. The molecule has 0 radical (unpaired) electrons. The minimum Gasteiger partial charge on any atom is -0.443 e. The largest absolute Gasteiger partial charge is 0.443 e. The lowest BCUT2D eigenvalue weighted by Gasteiger charge is -2.34. The molecule has 6 nitrogen and oxygen atoms in total. The second kappa shape index (κ2) is 8.19. The number of aromatic nitrogens is 1. The highest BCUT2D eigenvalue weighted by Gasteiger charge is 2.36. The van der Waals surface area contributed by atoms with E-state index in [0.29, 0.717) is 25.3 Å². The molecule has 1 unspecified atom stereocenters. The van der Waals surface area contributed by atoms with Gasteiger partial charge in [-0.25, -0.2) is 9.78 Å². The van der Waals surface area contributed by atoms with Gasteiger partial charge in [0.1, 0.15) is 16.2 Å². The predicted octanol–water partition coefficient (Wildman–Crippen LogP) is 4.83. The third kappa shape index (κ3) is 4.78. The number of hydrogen-bond donors (Lipinski definition) is 1. The molecule has 1 aromatic carbocycles. The van der Waals surface area contributed by atoms with E-state index in [1.54, 1.807) is 16.2 Å². The smallest absolute Gasteiger partial charge is 0.414 e. The summed E-state index contributed by atoms with van der Waals surface area (Å²) in [6.07, 6.45) is 4.13. The summed E-state index contributed by atoms with van der Waals surface area (Å²) in [7, 11) is 2.08. The quantitative estimate of drug-likeness (QED) is 0.720. The van der Waals surface area contributed by atoms with E-state index >= 15 is 0 Å². The molecule has 2 aromatic rings. The van der Waals surface area contributed by atoms with Gasteiger partial charge in [0, 0.05) is 25.2 Å². The van der Waals surface area contributed by atoms with E-state index in [4.69, 9.17) is 9.72 Å². The summed E-state index contributed by atoms with van der Waals surface area (Å²) >= 11 is 1.57. The van der Waals surface area contributed by atoms with Gasteiger partial charge in [-0.05, 0) is 65.1 Å². The number of amides is 1. The van der Waals surface area contributed by atoms with E-state index < -0.39 is 11.2 Å². The maximum Gasteiger partial charge on any atom is 0.414 e. The average Bonchev–Trinajstić information content (AvgIpc) is 3.13. The number of nitrogens with zero attached hydrogens (tertiary/aromatic N) is 3. The number of hydrogen-bond acceptors (Lipinski definition) is 6. The summed E-state index contributed by atoms with van der Waals surface area (Å²) < 4.78 is 6.72. The molecule has 0 aliphatic carbocycles. The van der Waals surface area contributed by atoms with E-state index in [2.05, 4.69) is 31.0 Å². The van der Waals surface area contributed by atoms with Gasteiger partial charge in [0.15, 0.2) is 0 Å². The third-order valence-electron chi connectivity index (χ3n) is 6.01. The monoisotopic (exact) mass is 443 g/mol. The summed E-state index contributed by atoms with van der Waals surface area (Å²) in [6.45, 7) is 10.2. The van der Waals surface area contributed by atoms with Crippen LogP contribution in [-0.4, -0.2) is 58.3 Å². The van der Waals surface area contributed by atoms with Gasteiger partial charge in [0.2, 0.25) is 0 Å². The SMILES string of the molecule is CC1CC=C(c2ccc3sc(C4(O)CCN(C)CC4)nc3c2)N(C(=O)OC(C)(C)C)C1. The number of fused-ring (bicyclic) bond motifs is 1. The van der Waals surface area contributed by atoms with Crippen LogP contribution in [0.1, 0.15) is 57.5 Å². The molecule has 3 heterocycles. The summed E-state index contributed by atoms with van der Waals surface area (Å²) in [5.74, 6) is 0.379. The summed E-state index contributed by atoms with van der Waals surface area (Å²) in [6, 6.07) is 6.13. The first-order valence-electron chi connectivity index (χ1n) is 11.1. The first-order chi connectivity index (χ1) is 14.5. The van der Waals surface area contributed by atoms with Crippen molar-refractivity contribution in [3.63, 3.8) is 0 Å². The molecule has 7 heteroatoms. The topological polar surface area (TPSA) is 65.9 Å². The van der Waals surface area contributed by atoms with Gasteiger partial charge in [-0.2, -0.15) is 0 Å². The molecule has 1 N–H and O–H groups in total. The molecule has 0 spiro atoms. The zero-order valence-corrected chi connectivity index (χ0v) is 20.0. The van der Waals surface area contributed by atoms with Crippen molar-refractivity contribution in [1.82, 2.24) is 14.8 Å². The van der Waals surface area contributed by atoms with Gasteiger partial charge in [0.25, 0.3) is 0 Å². The molecule has 2 aliphatic heterocycles. The number of likely N-dealkylation sites (tertiary alicyclic amines) is 1. The molecule has 1 aromatic heterocycles. The maximum absolute atomic E-state index is 12.9. The van der Waals surface area contributed by atoms with Crippen molar-refractivity contribution >= 4 is 33.3 Å². The van der Waals surface area contributed by atoms with Crippen LogP contribution in [-0.2, 0) is 10.3 Å². The van der Waals surface area contributed by atoms with Gasteiger partial charge < -0.3 is 14.7 Å². The molecule has 0 saturated carbocycles. The Hall–Kier alpha value is -1.96. The number of allylic oxidation sites excluding steroid dienone is 1. The molecule has 4 rings (SSSR count). The Labute approximate surface area is 188 Å². The van der Waals surface area contributed by atoms with Gasteiger partial charge >= 0.3 is 6.09 Å². The molecular formula is C24H33N3O3S. The number of rotatable bonds is 2. The Morgan fingerprint density at radius 3 is 2.68 bits per heavy atom. The normalized spacial score (nSPS) is 22.5. The van der Waals surface area contributed by atoms with Crippen molar-refractivity contribution in [3.8, 4) is 0 Å². The fourth-order valence-corrected chi connectivity index (χ4v) is 5.25. The van der Waals surface area contributed by atoms with Crippen molar-refractivity contribution < 1.29 is 14.6 Å². The number of aliphatic hydroxyl groups is 1. The Morgan fingerprint density at radius 2 is 2.00 bits per heavy atom. The first-order valence-corrected chi connectivity index (χ1v) is 11.9. The van der Waals surface area contributed by atoms with Gasteiger partial charge in [0.05, 0.1) is 15.9 Å². The van der Waals surface area contributed by atoms with Crippen molar-refractivity contribution in [2.75, 3.05) is 26.7 Å². The molecule has 1 saturated heterocycles. The lowest BCUT2D eigenvalue weighted by atomic mass is 9.92. The van der Waals surface area contributed by atoms with Gasteiger partial charge in [-0.3, -0.25) is 4.90 Å². The van der Waals surface area contributed by atoms with Crippen LogP contribution in [0.2, 0.25) is 0 Å². The molecule has 31 heavy (non-hydrogen) atoms. The molecule has 0 bridgehead atoms. The fraction of sp³-hybridized carbons (Fsp3) is 0.583. The molecular weight excluding hydrogens is 410 g/mol. The third-order valence-corrected chi connectivity index (χ3v) is 7.24. The van der Waals surface area contributed by atoms with E-state index in [9.17, 15) is 9.90 Å². The number of ether oxygens (including phenoxy) is 1. The van der Waals surface area contributed by atoms with Crippen LogP contribution in [0, 0.1) is 5.92 Å². The van der Waals surface area contributed by atoms with E-state index in [0.717, 1.165) is 46.0 Å². The van der Waals surface area contributed by atoms with Crippen molar-refractivity contribution in [2.45, 2.75) is 58.2 Å². The Kier molecular flexibility index (Phi) is 5.87. The summed E-state index contributed by atoms with van der Waals surface area (Å²) in [5, 5.41) is 12.0. The molecule has 168 valence electrons. The van der Waals surface area contributed by atoms with E-state index in [1.165, 1.54) is 0 Å². The van der Waals surface area contributed by atoms with Crippen LogP contribution in [0.25, 0.3) is 15.9 Å². The lowest BCUT2D eigenvalue weighted by Crippen LogP contribution is -2.40. The molecule has 2 aliphatic rings. The number of carbonyl (C=O) groups excluding carboxylic acids is 1. The highest BCUT2D eigenvalue weighted by atomic mass is 32.1. The van der Waals surface area contributed by atoms with Crippen molar-refractivity contribution in [1.29, 1.82) is 0 Å². The Bertz CT molecular complexity index is 999. The fourth-order valence-electron chi connectivity index (χ4n) is 4.16. The summed E-state index contributed by atoms with van der Waals surface area (Å²) in [4.78, 5) is 21.7. The van der Waals surface area contributed by atoms with Crippen molar-refractivity contribution in [3.05, 3.63) is 34.8 Å². The number of piperidine rings is 1. The van der Waals surface area contributed by atoms with Crippen LogP contribution < -0.4 is 0 Å². The molecule has 1 fully saturated rings. The zero-order valence-electron chi connectivity index (χ0n) is 19.1. The predicted molar refractivity (Wildman–Crippen MR) is 125 cm³/mol. The van der Waals surface area contributed by atoms with E-state index in [-0.39, 0.29) is 6.09 Å². The number of carbonyl (C=O) groups is 1. The van der Waals surface area contributed by atoms with Crippen LogP contribution in [0.4, 0.5) is 4.79 Å². The minimum atomic E-state index is -0.849. The second-order valence-corrected chi connectivity index (χ2v) is 11.1. The summed E-state index contributed by atoms with van der Waals surface area (Å²) in [5.41, 5.74) is 1.31. The first kappa shape index (κ1) is 22.2. The second-order valence-electron chi connectivity index (χ2n) is 10.1.